The molecule has 0 spiro atoms. The van der Waals surface area contributed by atoms with E-state index in [1.54, 1.807) is 6.92 Å². The molecule has 0 aliphatic heterocycles. The summed E-state index contributed by atoms with van der Waals surface area (Å²) in [6.07, 6.45) is 0.862. The number of sulfone groups is 1. The summed E-state index contributed by atoms with van der Waals surface area (Å²) in [5, 5.41) is 19.2. The number of ether oxygens (including phenoxy) is 1. The molecule has 0 heterocycles. The molecule has 1 atom stereocenters. The highest BCUT2D eigenvalue weighted by atomic mass is 32.2. The molecule has 1 aromatic rings. The van der Waals surface area contributed by atoms with E-state index >= 15 is 0 Å². The van der Waals surface area contributed by atoms with Gasteiger partial charge in [0, 0.05) is 17.5 Å². The van der Waals surface area contributed by atoms with Crippen LogP contribution in [0, 0.1) is 0 Å². The lowest BCUT2D eigenvalue weighted by Crippen LogP contribution is -2.15. The minimum Gasteiger partial charge on any atom is -0.508 e. The number of carbonyl (C=O) groups excluding carboxylic acids is 1. The summed E-state index contributed by atoms with van der Waals surface area (Å²) in [4.78, 5) is 27.0. The van der Waals surface area contributed by atoms with Crippen LogP contribution in [0.5, 0.6) is 5.75 Å². The molecular formula is C16H21NO7S. The van der Waals surface area contributed by atoms with Gasteiger partial charge in [-0.15, -0.1) is 0 Å². The summed E-state index contributed by atoms with van der Waals surface area (Å²) < 4.78 is 27.6. The summed E-state index contributed by atoms with van der Waals surface area (Å²) in [5.74, 6) is -2.45. The van der Waals surface area contributed by atoms with Gasteiger partial charge in [-0.05, 0) is 31.5 Å². The third-order valence-corrected chi connectivity index (χ3v) is 3.96. The van der Waals surface area contributed by atoms with E-state index in [0.29, 0.717) is 0 Å². The normalized spacial score (nSPS) is 13.3. The zero-order chi connectivity index (χ0) is 19.2. The molecule has 0 amide bonds. The van der Waals surface area contributed by atoms with Crippen LogP contribution < -0.4 is 0 Å². The average Bonchev–Trinajstić information content (AvgIpc) is 2.45. The number of rotatable bonds is 8. The standard InChI is InChI=1S/C16H21NO7S/c1-4-24-14(19)7-10(2)17-15(16(20)21)11-5-6-13(18)12(8-11)9-25(3,22)23/h5-6,8,15,18H,4,7,9H2,1-3H3,(H,20,21). The maximum atomic E-state index is 11.5. The second-order valence-corrected chi connectivity index (χ2v) is 7.69. The third-order valence-electron chi connectivity index (χ3n) is 3.13. The van der Waals surface area contributed by atoms with Gasteiger partial charge >= 0.3 is 11.9 Å². The molecule has 1 rings (SSSR count). The molecular weight excluding hydrogens is 350 g/mol. The lowest BCUT2D eigenvalue weighted by molar-refractivity contribution is -0.142. The van der Waals surface area contributed by atoms with E-state index in [1.165, 1.54) is 25.1 Å². The highest BCUT2D eigenvalue weighted by Crippen LogP contribution is 2.26. The highest BCUT2D eigenvalue weighted by Gasteiger charge is 2.21. The summed E-state index contributed by atoms with van der Waals surface area (Å²) in [6, 6.07) is 2.53. The van der Waals surface area contributed by atoms with Crippen LogP contribution in [0.4, 0.5) is 0 Å². The molecule has 0 aliphatic rings. The van der Waals surface area contributed by atoms with Gasteiger partial charge in [-0.3, -0.25) is 9.79 Å². The first kappa shape index (κ1) is 20.6. The Kier molecular flexibility index (Phi) is 7.10. The molecule has 1 unspecified atom stereocenters. The van der Waals surface area contributed by atoms with Crippen molar-refractivity contribution in [3.63, 3.8) is 0 Å². The Hall–Kier alpha value is -2.42. The minimum absolute atomic E-state index is 0.0875. The highest BCUT2D eigenvalue weighted by molar-refractivity contribution is 7.89. The molecule has 0 bridgehead atoms. The first-order chi connectivity index (χ1) is 11.5. The zero-order valence-electron chi connectivity index (χ0n) is 14.2. The molecule has 2 N–H and O–H groups in total. The third kappa shape index (κ3) is 6.92. The van der Waals surface area contributed by atoms with Crippen molar-refractivity contribution >= 4 is 27.5 Å². The minimum atomic E-state index is -3.41. The molecule has 0 saturated carbocycles. The van der Waals surface area contributed by atoms with Gasteiger partial charge < -0.3 is 14.9 Å². The molecule has 8 nitrogen and oxygen atoms in total. The van der Waals surface area contributed by atoms with Crippen LogP contribution in [0.15, 0.2) is 23.2 Å². The Balaban J connectivity index is 3.17. The quantitative estimate of drug-likeness (QED) is 0.523. The van der Waals surface area contributed by atoms with Crippen molar-refractivity contribution in [2.45, 2.75) is 32.1 Å². The van der Waals surface area contributed by atoms with Crippen LogP contribution in [-0.4, -0.2) is 49.1 Å². The first-order valence-corrected chi connectivity index (χ1v) is 9.50. The molecule has 0 radical (unpaired) electrons. The number of phenols is 1. The number of benzene rings is 1. The average molecular weight is 371 g/mol. The fraction of sp³-hybridized carbons (Fsp3) is 0.438. The zero-order valence-corrected chi connectivity index (χ0v) is 15.0. The van der Waals surface area contributed by atoms with Gasteiger partial charge in [0.05, 0.1) is 18.8 Å². The lowest BCUT2D eigenvalue weighted by atomic mass is 10.0. The number of aromatic hydroxyl groups is 1. The van der Waals surface area contributed by atoms with E-state index in [-0.39, 0.29) is 35.6 Å². The smallest absolute Gasteiger partial charge is 0.333 e. The monoisotopic (exact) mass is 371 g/mol. The Morgan fingerprint density at radius 2 is 1.96 bits per heavy atom. The van der Waals surface area contributed by atoms with E-state index in [4.69, 9.17) is 4.74 Å². The van der Waals surface area contributed by atoms with Crippen LogP contribution in [0.2, 0.25) is 0 Å². The summed E-state index contributed by atoms with van der Waals surface area (Å²) in [6.45, 7) is 3.37. The molecule has 0 aromatic heterocycles. The Bertz CT molecular complexity index is 784. The van der Waals surface area contributed by atoms with Crippen molar-refractivity contribution in [1.29, 1.82) is 0 Å². The predicted molar refractivity (Wildman–Crippen MR) is 91.4 cm³/mol. The van der Waals surface area contributed by atoms with Gasteiger partial charge in [0.2, 0.25) is 0 Å². The van der Waals surface area contributed by atoms with Crippen LogP contribution in [0.3, 0.4) is 0 Å². The van der Waals surface area contributed by atoms with Crippen molar-refractivity contribution in [3.8, 4) is 5.75 Å². The number of carboxylic acids is 1. The number of phenolic OH excluding ortho intramolecular Hbond substituents is 1. The Morgan fingerprint density at radius 3 is 2.48 bits per heavy atom. The summed E-state index contributed by atoms with van der Waals surface area (Å²) in [7, 11) is -3.41. The number of hydrogen-bond acceptors (Lipinski definition) is 7. The molecule has 9 heteroatoms. The number of nitrogens with zero attached hydrogens (tertiary/aromatic N) is 1. The van der Waals surface area contributed by atoms with Gasteiger partial charge in [0.1, 0.15) is 5.75 Å². The van der Waals surface area contributed by atoms with E-state index in [1.807, 2.05) is 0 Å². The maximum absolute atomic E-state index is 11.5. The number of aliphatic carboxylic acids is 1. The lowest BCUT2D eigenvalue weighted by Gasteiger charge is -2.12. The number of hydrogen-bond donors (Lipinski definition) is 2. The molecule has 0 aliphatic carbocycles. The fourth-order valence-corrected chi connectivity index (χ4v) is 2.93. The van der Waals surface area contributed by atoms with Gasteiger partial charge in [-0.1, -0.05) is 6.07 Å². The van der Waals surface area contributed by atoms with Crippen LogP contribution in [0.1, 0.15) is 37.4 Å². The van der Waals surface area contributed by atoms with E-state index in [2.05, 4.69) is 4.99 Å². The van der Waals surface area contributed by atoms with Crippen molar-refractivity contribution in [2.75, 3.05) is 12.9 Å². The molecule has 25 heavy (non-hydrogen) atoms. The molecule has 0 saturated heterocycles. The van der Waals surface area contributed by atoms with E-state index in [9.17, 15) is 28.2 Å². The summed E-state index contributed by atoms with van der Waals surface area (Å²) >= 11 is 0. The van der Waals surface area contributed by atoms with Crippen molar-refractivity contribution in [1.82, 2.24) is 0 Å². The number of esters is 1. The van der Waals surface area contributed by atoms with Gasteiger partial charge in [0.15, 0.2) is 15.9 Å². The van der Waals surface area contributed by atoms with Gasteiger partial charge in [0.25, 0.3) is 0 Å². The Morgan fingerprint density at radius 1 is 1.32 bits per heavy atom. The number of carboxylic acid groups (broad SMARTS) is 1. The van der Waals surface area contributed by atoms with E-state index < -0.39 is 33.6 Å². The topological polar surface area (TPSA) is 130 Å². The second kappa shape index (κ2) is 8.61. The Labute approximate surface area is 146 Å². The van der Waals surface area contributed by atoms with Crippen LogP contribution in [0.25, 0.3) is 0 Å². The number of carbonyl (C=O) groups is 2. The first-order valence-electron chi connectivity index (χ1n) is 7.44. The van der Waals surface area contributed by atoms with Crippen LogP contribution >= 0.6 is 0 Å². The predicted octanol–water partition coefficient (Wildman–Crippen LogP) is 1.48. The molecule has 0 fully saturated rings. The van der Waals surface area contributed by atoms with Crippen LogP contribution in [-0.2, 0) is 29.9 Å². The van der Waals surface area contributed by atoms with Gasteiger partial charge in [-0.25, -0.2) is 13.2 Å². The SMILES string of the molecule is CCOC(=O)CC(C)=NC(C(=O)O)c1ccc(O)c(CS(C)(=O)=O)c1. The fourth-order valence-electron chi connectivity index (χ4n) is 2.13. The summed E-state index contributed by atoms with van der Waals surface area (Å²) in [5.41, 5.74) is 0.556. The maximum Gasteiger partial charge on any atom is 0.333 e. The molecule has 138 valence electrons. The van der Waals surface area contributed by atoms with Crippen molar-refractivity contribution < 1.29 is 33.0 Å². The van der Waals surface area contributed by atoms with E-state index in [0.717, 1.165) is 6.26 Å². The number of aliphatic imine (C=N–C) groups is 1. The van der Waals surface area contributed by atoms with Gasteiger partial charge in [-0.2, -0.15) is 0 Å². The largest absolute Gasteiger partial charge is 0.508 e. The second-order valence-electron chi connectivity index (χ2n) is 5.55. The van der Waals surface area contributed by atoms with Crippen molar-refractivity contribution in [2.24, 2.45) is 4.99 Å². The molecule has 1 aromatic carbocycles. The van der Waals surface area contributed by atoms with Crippen molar-refractivity contribution in [3.05, 3.63) is 29.3 Å².